The van der Waals surface area contributed by atoms with Gasteiger partial charge < -0.3 is 5.73 Å². The zero-order valence-corrected chi connectivity index (χ0v) is 10.9. The predicted molar refractivity (Wildman–Crippen MR) is 70.7 cm³/mol. The summed E-state index contributed by atoms with van der Waals surface area (Å²) < 4.78 is 0. The lowest BCUT2D eigenvalue weighted by atomic mass is 10.1. The van der Waals surface area contributed by atoms with Crippen molar-refractivity contribution in [2.45, 2.75) is 20.0 Å². The highest BCUT2D eigenvalue weighted by Gasteiger charge is 2.06. The first kappa shape index (κ1) is 12.0. The zero-order valence-electron chi connectivity index (χ0n) is 10.1. The van der Waals surface area contributed by atoms with Gasteiger partial charge in [0.05, 0.1) is 6.54 Å². The largest absolute Gasteiger partial charge is 0.374 e. The van der Waals surface area contributed by atoms with Gasteiger partial charge in [-0.1, -0.05) is 41.2 Å². The maximum Gasteiger partial charge on any atom is 0.203 e. The Kier molecular flexibility index (Phi) is 3.71. The van der Waals surface area contributed by atoms with E-state index < -0.39 is 0 Å². The SMILES string of the molecule is Cc1ccc(CN(C)Cc2nnc(N)s2)cc1. The molecule has 0 spiro atoms. The second-order valence-electron chi connectivity index (χ2n) is 4.19. The lowest BCUT2D eigenvalue weighted by Crippen LogP contribution is -2.17. The second-order valence-corrected chi connectivity index (χ2v) is 5.29. The van der Waals surface area contributed by atoms with E-state index in [2.05, 4.69) is 53.3 Å². The molecule has 0 unspecified atom stereocenters. The zero-order chi connectivity index (χ0) is 12.3. The molecular formula is C12H16N4S. The van der Waals surface area contributed by atoms with Crippen molar-refractivity contribution in [3.05, 3.63) is 40.4 Å². The summed E-state index contributed by atoms with van der Waals surface area (Å²) in [6.45, 7) is 3.78. The van der Waals surface area contributed by atoms with Gasteiger partial charge in [-0.15, -0.1) is 10.2 Å². The van der Waals surface area contributed by atoms with E-state index in [9.17, 15) is 0 Å². The van der Waals surface area contributed by atoms with E-state index in [4.69, 9.17) is 5.73 Å². The minimum absolute atomic E-state index is 0.531. The quantitative estimate of drug-likeness (QED) is 0.900. The van der Waals surface area contributed by atoms with Crippen molar-refractivity contribution in [2.24, 2.45) is 0 Å². The minimum atomic E-state index is 0.531. The summed E-state index contributed by atoms with van der Waals surface area (Å²) in [6, 6.07) is 8.57. The number of aryl methyl sites for hydroxylation is 1. The van der Waals surface area contributed by atoms with Gasteiger partial charge in [-0.3, -0.25) is 4.90 Å². The van der Waals surface area contributed by atoms with Crippen LogP contribution >= 0.6 is 11.3 Å². The molecule has 0 aliphatic carbocycles. The molecule has 0 aliphatic heterocycles. The van der Waals surface area contributed by atoms with Gasteiger partial charge in [-0.25, -0.2) is 0 Å². The van der Waals surface area contributed by atoms with E-state index in [1.165, 1.54) is 22.5 Å². The van der Waals surface area contributed by atoms with E-state index in [-0.39, 0.29) is 0 Å². The number of aromatic nitrogens is 2. The second kappa shape index (κ2) is 5.25. The Hall–Kier alpha value is -1.46. The van der Waals surface area contributed by atoms with Gasteiger partial charge in [0.25, 0.3) is 0 Å². The number of nitrogens with two attached hydrogens (primary N) is 1. The van der Waals surface area contributed by atoms with Gasteiger partial charge in [0.1, 0.15) is 5.01 Å². The van der Waals surface area contributed by atoms with Gasteiger partial charge in [-0.05, 0) is 19.5 Å². The third kappa shape index (κ3) is 3.51. The van der Waals surface area contributed by atoms with Crippen molar-refractivity contribution in [3.63, 3.8) is 0 Å². The van der Waals surface area contributed by atoms with Crippen molar-refractivity contribution in [1.82, 2.24) is 15.1 Å². The third-order valence-electron chi connectivity index (χ3n) is 2.46. The van der Waals surface area contributed by atoms with Crippen LogP contribution in [-0.2, 0) is 13.1 Å². The molecule has 0 saturated heterocycles. The Morgan fingerprint density at radius 3 is 2.47 bits per heavy atom. The molecule has 90 valence electrons. The Balaban J connectivity index is 1.93. The Morgan fingerprint density at radius 2 is 1.88 bits per heavy atom. The lowest BCUT2D eigenvalue weighted by Gasteiger charge is -2.14. The fourth-order valence-corrected chi connectivity index (χ4v) is 2.31. The van der Waals surface area contributed by atoms with Crippen molar-refractivity contribution >= 4 is 16.5 Å². The Bertz CT molecular complexity index is 478. The lowest BCUT2D eigenvalue weighted by molar-refractivity contribution is 0.317. The van der Waals surface area contributed by atoms with Gasteiger partial charge in [-0.2, -0.15) is 0 Å². The van der Waals surface area contributed by atoms with Crippen LogP contribution in [0.2, 0.25) is 0 Å². The number of benzene rings is 1. The number of nitrogens with zero attached hydrogens (tertiary/aromatic N) is 3. The van der Waals surface area contributed by atoms with E-state index in [0.29, 0.717) is 5.13 Å². The van der Waals surface area contributed by atoms with E-state index in [0.717, 1.165) is 18.1 Å². The fraction of sp³-hybridized carbons (Fsp3) is 0.333. The van der Waals surface area contributed by atoms with E-state index >= 15 is 0 Å². The van der Waals surface area contributed by atoms with Crippen LogP contribution in [0.25, 0.3) is 0 Å². The van der Waals surface area contributed by atoms with Crippen molar-refractivity contribution in [1.29, 1.82) is 0 Å². The van der Waals surface area contributed by atoms with Gasteiger partial charge >= 0.3 is 0 Å². The molecule has 0 bridgehead atoms. The first-order chi connectivity index (χ1) is 8.13. The molecule has 2 N–H and O–H groups in total. The van der Waals surface area contributed by atoms with Crippen LogP contribution < -0.4 is 5.73 Å². The van der Waals surface area contributed by atoms with Crippen molar-refractivity contribution in [3.8, 4) is 0 Å². The molecule has 0 saturated carbocycles. The minimum Gasteiger partial charge on any atom is -0.374 e. The van der Waals surface area contributed by atoms with Crippen molar-refractivity contribution < 1.29 is 0 Å². The molecule has 0 atom stereocenters. The molecule has 2 rings (SSSR count). The first-order valence-electron chi connectivity index (χ1n) is 5.45. The Morgan fingerprint density at radius 1 is 1.18 bits per heavy atom. The van der Waals surface area contributed by atoms with Crippen LogP contribution in [0.3, 0.4) is 0 Å². The van der Waals surface area contributed by atoms with Crippen LogP contribution in [0, 0.1) is 6.92 Å². The van der Waals surface area contributed by atoms with Gasteiger partial charge in [0, 0.05) is 6.54 Å². The summed E-state index contributed by atoms with van der Waals surface area (Å²) in [7, 11) is 2.07. The summed E-state index contributed by atoms with van der Waals surface area (Å²) in [4.78, 5) is 2.20. The highest BCUT2D eigenvalue weighted by atomic mass is 32.1. The monoisotopic (exact) mass is 248 g/mol. The van der Waals surface area contributed by atoms with Gasteiger partial charge in [0.2, 0.25) is 5.13 Å². The molecule has 17 heavy (non-hydrogen) atoms. The smallest absolute Gasteiger partial charge is 0.203 e. The summed E-state index contributed by atoms with van der Waals surface area (Å²) in [5.74, 6) is 0. The highest BCUT2D eigenvalue weighted by molar-refractivity contribution is 7.15. The maximum absolute atomic E-state index is 5.55. The molecule has 2 aromatic rings. The number of rotatable bonds is 4. The van der Waals surface area contributed by atoms with Crippen LogP contribution in [0.4, 0.5) is 5.13 Å². The number of nitrogen functional groups attached to an aromatic ring is 1. The molecule has 1 aromatic heterocycles. The molecule has 4 nitrogen and oxygen atoms in total. The summed E-state index contributed by atoms with van der Waals surface area (Å²) in [6.07, 6.45) is 0. The normalized spacial score (nSPS) is 11.0. The Labute approximate surface area is 105 Å². The maximum atomic E-state index is 5.55. The average Bonchev–Trinajstić information content (AvgIpc) is 2.67. The molecular weight excluding hydrogens is 232 g/mol. The molecule has 0 aliphatic rings. The van der Waals surface area contributed by atoms with Crippen LogP contribution in [0.15, 0.2) is 24.3 Å². The summed E-state index contributed by atoms with van der Waals surface area (Å²) >= 11 is 1.44. The molecule has 5 heteroatoms. The number of anilines is 1. The molecule has 0 amide bonds. The molecule has 1 heterocycles. The molecule has 0 fully saturated rings. The number of hydrogen-bond donors (Lipinski definition) is 1. The summed E-state index contributed by atoms with van der Waals surface area (Å²) in [5.41, 5.74) is 8.14. The van der Waals surface area contributed by atoms with Crippen LogP contribution in [0.5, 0.6) is 0 Å². The fourth-order valence-electron chi connectivity index (χ4n) is 1.62. The number of hydrogen-bond acceptors (Lipinski definition) is 5. The standard InChI is InChI=1S/C12H16N4S/c1-9-3-5-10(6-4-9)7-16(2)8-11-14-15-12(13)17-11/h3-6H,7-8H2,1-2H3,(H2,13,15). The average molecular weight is 248 g/mol. The topological polar surface area (TPSA) is 55.0 Å². The first-order valence-corrected chi connectivity index (χ1v) is 6.27. The predicted octanol–water partition coefficient (Wildman–Crippen LogP) is 2.06. The van der Waals surface area contributed by atoms with E-state index in [1.54, 1.807) is 0 Å². The summed E-state index contributed by atoms with van der Waals surface area (Å²) in [5, 5.41) is 9.31. The highest BCUT2D eigenvalue weighted by Crippen LogP contribution is 2.14. The molecule has 0 radical (unpaired) electrons. The van der Waals surface area contributed by atoms with E-state index in [1.807, 2.05) is 0 Å². The van der Waals surface area contributed by atoms with Crippen LogP contribution in [0.1, 0.15) is 16.1 Å². The molecule has 1 aromatic carbocycles. The third-order valence-corrected chi connectivity index (χ3v) is 3.20. The van der Waals surface area contributed by atoms with Crippen LogP contribution in [-0.4, -0.2) is 22.1 Å². The van der Waals surface area contributed by atoms with Crippen molar-refractivity contribution in [2.75, 3.05) is 12.8 Å². The van der Waals surface area contributed by atoms with Gasteiger partial charge in [0.15, 0.2) is 0 Å².